The first-order valence-electron chi connectivity index (χ1n) is 26.2. The van der Waals surface area contributed by atoms with E-state index in [1.54, 1.807) is 0 Å². The van der Waals surface area contributed by atoms with Crippen molar-refractivity contribution in [2.75, 3.05) is 6.61 Å². The van der Waals surface area contributed by atoms with Gasteiger partial charge in [0.1, 0.15) is 6.10 Å². The molecule has 6 heteroatoms. The normalized spacial score (nSPS) is 13.8. The Labute approximate surface area is 383 Å². The highest BCUT2D eigenvalue weighted by atomic mass is 16.5. The molecule has 3 N–H and O–H groups in total. The summed E-state index contributed by atoms with van der Waals surface area (Å²) in [6.45, 7) is 6.34. The van der Waals surface area contributed by atoms with Crippen LogP contribution in [0.3, 0.4) is 0 Å². The van der Waals surface area contributed by atoms with Crippen molar-refractivity contribution in [1.82, 2.24) is 5.32 Å². The van der Waals surface area contributed by atoms with E-state index in [4.69, 9.17) is 4.74 Å². The summed E-state index contributed by atoms with van der Waals surface area (Å²) in [4.78, 5) is 26.1. The van der Waals surface area contributed by atoms with Crippen LogP contribution in [0, 0.1) is 0 Å². The Bertz CT molecular complexity index is 1150. The van der Waals surface area contributed by atoms with E-state index in [1.165, 1.54) is 103 Å². The van der Waals surface area contributed by atoms with E-state index in [1.807, 2.05) is 0 Å². The average molecular weight is 866 g/mol. The van der Waals surface area contributed by atoms with E-state index in [9.17, 15) is 19.8 Å². The van der Waals surface area contributed by atoms with Gasteiger partial charge in [0.15, 0.2) is 0 Å². The van der Waals surface area contributed by atoms with Crippen LogP contribution in [0.4, 0.5) is 0 Å². The van der Waals surface area contributed by atoms with Gasteiger partial charge in [-0.25, -0.2) is 0 Å². The molecule has 0 aliphatic rings. The van der Waals surface area contributed by atoms with Crippen LogP contribution in [-0.4, -0.2) is 46.9 Å². The van der Waals surface area contributed by atoms with E-state index in [0.717, 1.165) is 96.3 Å². The SMILES string of the molecule is CC/C=C/C/C=C/C/C=C/CCCCC(CC(=O)NC(CO)C(O)CCCCCCCCCCCCCCC)OC(=O)CCCCCCC/C=C/C=C/C=C/CCCCCCC. The van der Waals surface area contributed by atoms with Gasteiger partial charge in [-0.2, -0.15) is 0 Å². The molecule has 1 amide bonds. The summed E-state index contributed by atoms with van der Waals surface area (Å²) in [6.07, 6.45) is 62.5. The van der Waals surface area contributed by atoms with E-state index in [0.29, 0.717) is 19.3 Å². The summed E-state index contributed by atoms with van der Waals surface area (Å²) in [6, 6.07) is -0.721. The molecule has 358 valence electrons. The number of unbranched alkanes of at least 4 members (excludes halogenated alkanes) is 24. The van der Waals surface area contributed by atoms with Crippen molar-refractivity contribution in [2.24, 2.45) is 0 Å². The molecule has 0 aliphatic carbocycles. The first-order valence-corrected chi connectivity index (χ1v) is 26.2. The first-order chi connectivity index (χ1) is 30.5. The average Bonchev–Trinajstić information content (AvgIpc) is 3.26. The van der Waals surface area contributed by atoms with Crippen LogP contribution in [-0.2, 0) is 14.3 Å². The maximum Gasteiger partial charge on any atom is 0.306 e. The molecule has 3 unspecified atom stereocenters. The molecule has 62 heavy (non-hydrogen) atoms. The fourth-order valence-electron chi connectivity index (χ4n) is 7.62. The van der Waals surface area contributed by atoms with Crippen LogP contribution in [0.25, 0.3) is 0 Å². The fourth-order valence-corrected chi connectivity index (χ4v) is 7.62. The number of carbonyl (C=O) groups excluding carboxylic acids is 2. The molecule has 0 saturated heterocycles. The minimum Gasteiger partial charge on any atom is -0.462 e. The maximum absolute atomic E-state index is 13.2. The van der Waals surface area contributed by atoms with Crippen molar-refractivity contribution in [2.45, 2.75) is 264 Å². The third-order valence-corrected chi connectivity index (χ3v) is 11.6. The summed E-state index contributed by atoms with van der Waals surface area (Å²) in [5, 5.41) is 23.7. The van der Waals surface area contributed by atoms with Gasteiger partial charge in [-0.05, 0) is 83.5 Å². The van der Waals surface area contributed by atoms with Crippen molar-refractivity contribution in [3.05, 3.63) is 72.9 Å². The molecule has 0 fully saturated rings. The number of aliphatic hydroxyl groups is 2. The Morgan fingerprint density at radius 1 is 0.500 bits per heavy atom. The summed E-state index contributed by atoms with van der Waals surface area (Å²) < 4.78 is 5.91. The third-order valence-electron chi connectivity index (χ3n) is 11.6. The monoisotopic (exact) mass is 866 g/mol. The topological polar surface area (TPSA) is 95.9 Å². The number of ether oxygens (including phenoxy) is 1. The van der Waals surface area contributed by atoms with Gasteiger partial charge < -0.3 is 20.3 Å². The Kier molecular flexibility index (Phi) is 47.2. The summed E-state index contributed by atoms with van der Waals surface area (Å²) in [5.74, 6) is -0.537. The lowest BCUT2D eigenvalue weighted by Crippen LogP contribution is -2.46. The molecule has 0 aromatic heterocycles. The lowest BCUT2D eigenvalue weighted by molar-refractivity contribution is -0.151. The van der Waals surface area contributed by atoms with Gasteiger partial charge in [-0.3, -0.25) is 9.59 Å². The number of carbonyl (C=O) groups is 2. The van der Waals surface area contributed by atoms with E-state index in [-0.39, 0.29) is 24.9 Å². The standard InChI is InChI=1S/C56H99NO5/c1-4-7-10-13-16-19-22-25-26-27-28-29-31-34-37-40-43-46-49-56(61)62-52(47-44-41-38-35-32-24-21-18-15-12-9-6-3)50-55(60)57-53(51-58)54(59)48-45-42-39-36-33-30-23-20-17-14-11-8-5-2/h9,12,18,21-22,25-29,32,35,52-54,58-59H,4-8,10-11,13-17,19-20,23-24,30-31,33-34,36-51H2,1-3H3,(H,57,60)/b12-9+,21-18+,25-22+,27-26+,29-28+,35-32+. The molecule has 0 spiro atoms. The van der Waals surface area contributed by atoms with Crippen molar-refractivity contribution in [3.8, 4) is 0 Å². The van der Waals surface area contributed by atoms with Gasteiger partial charge in [0, 0.05) is 6.42 Å². The Balaban J connectivity index is 4.63. The van der Waals surface area contributed by atoms with Crippen LogP contribution < -0.4 is 5.32 Å². The third kappa shape index (κ3) is 43.9. The molecular weight excluding hydrogens is 767 g/mol. The first kappa shape index (κ1) is 59.3. The van der Waals surface area contributed by atoms with Crippen molar-refractivity contribution in [3.63, 3.8) is 0 Å². The number of aliphatic hydroxyl groups excluding tert-OH is 2. The smallest absolute Gasteiger partial charge is 0.306 e. The lowest BCUT2D eigenvalue weighted by atomic mass is 10.0. The number of amides is 1. The zero-order valence-corrected chi connectivity index (χ0v) is 40.7. The predicted octanol–water partition coefficient (Wildman–Crippen LogP) is 15.8. The zero-order valence-electron chi connectivity index (χ0n) is 40.7. The minimum atomic E-state index is -0.804. The molecule has 0 rings (SSSR count). The quantitative estimate of drug-likeness (QED) is 0.0245. The molecule has 0 radical (unpaired) electrons. The van der Waals surface area contributed by atoms with Crippen LogP contribution in [0.15, 0.2) is 72.9 Å². The highest BCUT2D eigenvalue weighted by Crippen LogP contribution is 2.17. The Hall–Kier alpha value is -2.70. The highest BCUT2D eigenvalue weighted by Gasteiger charge is 2.24. The number of hydrogen-bond donors (Lipinski definition) is 3. The lowest BCUT2D eigenvalue weighted by Gasteiger charge is -2.24. The molecule has 6 nitrogen and oxygen atoms in total. The van der Waals surface area contributed by atoms with E-state index >= 15 is 0 Å². The van der Waals surface area contributed by atoms with Gasteiger partial charge in [-0.15, -0.1) is 0 Å². The van der Waals surface area contributed by atoms with Gasteiger partial charge in [0.25, 0.3) is 0 Å². The van der Waals surface area contributed by atoms with Crippen LogP contribution in [0.1, 0.15) is 245 Å². The maximum atomic E-state index is 13.2. The molecule has 0 aromatic rings. The largest absolute Gasteiger partial charge is 0.462 e. The summed E-state index contributed by atoms with van der Waals surface area (Å²) >= 11 is 0. The number of rotatable bonds is 46. The summed E-state index contributed by atoms with van der Waals surface area (Å²) in [5.41, 5.74) is 0. The van der Waals surface area contributed by atoms with Gasteiger partial charge in [-0.1, -0.05) is 222 Å². The number of allylic oxidation sites excluding steroid dienone is 12. The second-order valence-electron chi connectivity index (χ2n) is 17.6. The molecule has 0 bridgehead atoms. The van der Waals surface area contributed by atoms with Crippen molar-refractivity contribution >= 4 is 11.9 Å². The predicted molar refractivity (Wildman–Crippen MR) is 268 cm³/mol. The second-order valence-corrected chi connectivity index (χ2v) is 17.6. The van der Waals surface area contributed by atoms with Gasteiger partial charge in [0.2, 0.25) is 5.91 Å². The zero-order chi connectivity index (χ0) is 45.2. The fraction of sp³-hybridized carbons (Fsp3) is 0.750. The molecule has 3 atom stereocenters. The molecule has 0 saturated carbocycles. The number of nitrogens with one attached hydrogen (secondary N) is 1. The molecular formula is C56H99NO5. The Morgan fingerprint density at radius 2 is 0.935 bits per heavy atom. The van der Waals surface area contributed by atoms with Gasteiger partial charge in [0.05, 0.1) is 25.2 Å². The number of hydrogen-bond acceptors (Lipinski definition) is 5. The van der Waals surface area contributed by atoms with Gasteiger partial charge >= 0.3 is 5.97 Å². The van der Waals surface area contributed by atoms with Crippen molar-refractivity contribution < 1.29 is 24.5 Å². The summed E-state index contributed by atoms with van der Waals surface area (Å²) in [7, 11) is 0. The minimum absolute atomic E-state index is 0.0406. The van der Waals surface area contributed by atoms with E-state index < -0.39 is 18.2 Å². The highest BCUT2D eigenvalue weighted by molar-refractivity contribution is 5.77. The second kappa shape index (κ2) is 49.3. The molecule has 0 aromatic carbocycles. The molecule has 0 aliphatic heterocycles. The Morgan fingerprint density at radius 3 is 1.47 bits per heavy atom. The van der Waals surface area contributed by atoms with Crippen molar-refractivity contribution in [1.29, 1.82) is 0 Å². The van der Waals surface area contributed by atoms with Crippen LogP contribution in [0.2, 0.25) is 0 Å². The van der Waals surface area contributed by atoms with Crippen LogP contribution in [0.5, 0.6) is 0 Å². The molecule has 0 heterocycles. The van der Waals surface area contributed by atoms with Crippen LogP contribution >= 0.6 is 0 Å². The number of esters is 1. The van der Waals surface area contributed by atoms with E-state index in [2.05, 4.69) is 99.0 Å².